The standard InChI is InChI=1S/C16H18N2O3/c19-15(17-9-6-13-4-2-1-3-5-13)16(20)18-10-7-14-8-11-21-12-14/h1-5,8,11-12H,6-7,9-10H2,(H,17,19)(H,18,20). The molecule has 21 heavy (non-hydrogen) atoms. The molecule has 0 aliphatic rings. The highest BCUT2D eigenvalue weighted by molar-refractivity contribution is 6.35. The first-order valence-electron chi connectivity index (χ1n) is 6.87. The summed E-state index contributed by atoms with van der Waals surface area (Å²) in [6.45, 7) is 0.850. The fourth-order valence-corrected chi connectivity index (χ4v) is 1.88. The van der Waals surface area contributed by atoms with E-state index < -0.39 is 11.8 Å². The molecule has 5 heteroatoms. The Hall–Kier alpha value is -2.56. The van der Waals surface area contributed by atoms with Crippen molar-refractivity contribution < 1.29 is 14.0 Å². The number of carbonyl (C=O) groups excluding carboxylic acids is 2. The number of furan rings is 1. The van der Waals surface area contributed by atoms with Crippen LogP contribution < -0.4 is 10.6 Å². The molecule has 1 aromatic carbocycles. The van der Waals surface area contributed by atoms with E-state index in [1.54, 1.807) is 12.5 Å². The van der Waals surface area contributed by atoms with Gasteiger partial charge in [-0.3, -0.25) is 9.59 Å². The Morgan fingerprint density at radius 2 is 1.48 bits per heavy atom. The lowest BCUT2D eigenvalue weighted by molar-refractivity contribution is -0.139. The van der Waals surface area contributed by atoms with Crippen LogP contribution in [0.3, 0.4) is 0 Å². The summed E-state index contributed by atoms with van der Waals surface area (Å²) in [5.74, 6) is -1.20. The first kappa shape index (κ1) is 14.8. The van der Waals surface area contributed by atoms with Gasteiger partial charge in [-0.1, -0.05) is 30.3 Å². The van der Waals surface area contributed by atoms with Crippen LogP contribution in [-0.4, -0.2) is 24.9 Å². The van der Waals surface area contributed by atoms with Crippen molar-refractivity contribution in [1.82, 2.24) is 10.6 Å². The van der Waals surface area contributed by atoms with Crippen molar-refractivity contribution in [3.8, 4) is 0 Å². The molecule has 0 aliphatic carbocycles. The monoisotopic (exact) mass is 286 g/mol. The summed E-state index contributed by atoms with van der Waals surface area (Å²) < 4.78 is 4.92. The Labute approximate surface area is 123 Å². The zero-order chi connectivity index (χ0) is 14.9. The minimum absolute atomic E-state index is 0.407. The van der Waals surface area contributed by atoms with Crippen molar-refractivity contribution in [2.24, 2.45) is 0 Å². The predicted molar refractivity (Wildman–Crippen MR) is 78.6 cm³/mol. The molecular formula is C16H18N2O3. The lowest BCUT2D eigenvalue weighted by Gasteiger charge is -2.06. The highest BCUT2D eigenvalue weighted by atomic mass is 16.3. The molecule has 0 unspecified atom stereocenters. The molecule has 1 heterocycles. The topological polar surface area (TPSA) is 71.3 Å². The molecule has 2 aromatic rings. The first-order valence-corrected chi connectivity index (χ1v) is 6.87. The van der Waals surface area contributed by atoms with Gasteiger partial charge >= 0.3 is 11.8 Å². The molecule has 2 rings (SSSR count). The zero-order valence-corrected chi connectivity index (χ0v) is 11.7. The van der Waals surface area contributed by atoms with E-state index in [1.807, 2.05) is 36.4 Å². The zero-order valence-electron chi connectivity index (χ0n) is 11.7. The third-order valence-electron chi connectivity index (χ3n) is 3.03. The second-order valence-corrected chi connectivity index (χ2v) is 4.63. The van der Waals surface area contributed by atoms with Crippen LogP contribution in [0.1, 0.15) is 11.1 Å². The van der Waals surface area contributed by atoms with Gasteiger partial charge in [-0.05, 0) is 30.0 Å². The molecule has 0 saturated heterocycles. The van der Waals surface area contributed by atoms with Crippen molar-refractivity contribution in [3.63, 3.8) is 0 Å². The predicted octanol–water partition coefficient (Wildman–Crippen LogP) is 1.30. The number of nitrogens with one attached hydrogen (secondary N) is 2. The summed E-state index contributed by atoms with van der Waals surface area (Å²) in [6, 6.07) is 11.6. The van der Waals surface area contributed by atoms with Gasteiger partial charge in [-0.25, -0.2) is 0 Å². The SMILES string of the molecule is O=C(NCCc1ccccc1)C(=O)NCCc1ccoc1. The highest BCUT2D eigenvalue weighted by Gasteiger charge is 2.11. The Bertz CT molecular complexity index is 564. The number of benzene rings is 1. The molecule has 2 amide bonds. The number of carbonyl (C=O) groups is 2. The summed E-state index contributed by atoms with van der Waals surface area (Å²) in [5, 5.41) is 5.18. The van der Waals surface area contributed by atoms with Crippen molar-refractivity contribution in [1.29, 1.82) is 0 Å². The summed E-state index contributed by atoms with van der Waals surface area (Å²) >= 11 is 0. The maximum atomic E-state index is 11.6. The molecule has 0 saturated carbocycles. The van der Waals surface area contributed by atoms with Gasteiger partial charge in [0.05, 0.1) is 12.5 Å². The molecule has 0 atom stereocenters. The lowest BCUT2D eigenvalue weighted by Crippen LogP contribution is -2.41. The number of hydrogen-bond acceptors (Lipinski definition) is 3. The van der Waals surface area contributed by atoms with Crippen LogP contribution in [0, 0.1) is 0 Å². The molecule has 2 N–H and O–H groups in total. The number of hydrogen-bond donors (Lipinski definition) is 2. The maximum Gasteiger partial charge on any atom is 0.309 e. The van der Waals surface area contributed by atoms with E-state index >= 15 is 0 Å². The smallest absolute Gasteiger partial charge is 0.309 e. The summed E-state index contributed by atoms with van der Waals surface area (Å²) in [5.41, 5.74) is 2.11. The summed E-state index contributed by atoms with van der Waals surface area (Å²) in [7, 11) is 0. The van der Waals surface area contributed by atoms with Crippen molar-refractivity contribution in [2.75, 3.05) is 13.1 Å². The molecule has 0 radical (unpaired) electrons. The quantitative estimate of drug-likeness (QED) is 0.786. The maximum absolute atomic E-state index is 11.6. The van der Waals surface area contributed by atoms with E-state index in [0.29, 0.717) is 25.9 Å². The van der Waals surface area contributed by atoms with Crippen LogP contribution in [0.4, 0.5) is 0 Å². The molecule has 1 aromatic heterocycles. The molecule has 0 bridgehead atoms. The Kier molecular flexibility index (Phi) is 5.58. The third kappa shape index (κ3) is 5.14. The van der Waals surface area contributed by atoms with Gasteiger partial charge in [-0.15, -0.1) is 0 Å². The van der Waals surface area contributed by atoms with Crippen molar-refractivity contribution >= 4 is 11.8 Å². The fraction of sp³-hybridized carbons (Fsp3) is 0.250. The van der Waals surface area contributed by atoms with Crippen LogP contribution in [0.5, 0.6) is 0 Å². The van der Waals surface area contributed by atoms with E-state index in [-0.39, 0.29) is 0 Å². The van der Waals surface area contributed by atoms with Crippen LogP contribution in [-0.2, 0) is 22.4 Å². The largest absolute Gasteiger partial charge is 0.472 e. The molecule has 0 spiro atoms. The second kappa shape index (κ2) is 7.89. The number of rotatable bonds is 6. The highest BCUT2D eigenvalue weighted by Crippen LogP contribution is 1.99. The van der Waals surface area contributed by atoms with Crippen LogP contribution >= 0.6 is 0 Å². The Morgan fingerprint density at radius 3 is 2.05 bits per heavy atom. The molecule has 5 nitrogen and oxygen atoms in total. The minimum Gasteiger partial charge on any atom is -0.472 e. The van der Waals surface area contributed by atoms with Crippen molar-refractivity contribution in [3.05, 3.63) is 60.1 Å². The molecule has 110 valence electrons. The average molecular weight is 286 g/mol. The Morgan fingerprint density at radius 1 is 0.857 bits per heavy atom. The van der Waals surface area contributed by atoms with Gasteiger partial charge in [0.1, 0.15) is 0 Å². The molecular weight excluding hydrogens is 268 g/mol. The van der Waals surface area contributed by atoms with Crippen molar-refractivity contribution in [2.45, 2.75) is 12.8 Å². The van der Waals surface area contributed by atoms with Gasteiger partial charge in [-0.2, -0.15) is 0 Å². The van der Waals surface area contributed by atoms with Gasteiger partial charge in [0.15, 0.2) is 0 Å². The van der Waals surface area contributed by atoms with Gasteiger partial charge < -0.3 is 15.1 Å². The van der Waals surface area contributed by atoms with Crippen LogP contribution in [0.25, 0.3) is 0 Å². The third-order valence-corrected chi connectivity index (χ3v) is 3.03. The van der Waals surface area contributed by atoms with Gasteiger partial charge in [0, 0.05) is 13.1 Å². The summed E-state index contributed by atoms with van der Waals surface area (Å²) in [4.78, 5) is 23.2. The van der Waals surface area contributed by atoms with E-state index in [4.69, 9.17) is 4.42 Å². The molecule has 0 aliphatic heterocycles. The van der Waals surface area contributed by atoms with E-state index in [9.17, 15) is 9.59 Å². The van der Waals surface area contributed by atoms with Crippen LogP contribution in [0.15, 0.2) is 53.3 Å². The second-order valence-electron chi connectivity index (χ2n) is 4.63. The Balaban J connectivity index is 1.62. The van der Waals surface area contributed by atoms with Gasteiger partial charge in [0.25, 0.3) is 0 Å². The van der Waals surface area contributed by atoms with E-state index in [2.05, 4.69) is 10.6 Å². The van der Waals surface area contributed by atoms with Gasteiger partial charge in [0.2, 0.25) is 0 Å². The molecule has 0 fully saturated rings. The average Bonchev–Trinajstić information content (AvgIpc) is 3.01. The summed E-state index contributed by atoms with van der Waals surface area (Å²) in [6.07, 6.45) is 4.54. The normalized spacial score (nSPS) is 10.1. The first-order chi connectivity index (χ1) is 10.3. The fourth-order valence-electron chi connectivity index (χ4n) is 1.88. The van der Waals surface area contributed by atoms with E-state index in [0.717, 1.165) is 11.1 Å². The van der Waals surface area contributed by atoms with E-state index in [1.165, 1.54) is 0 Å². The van der Waals surface area contributed by atoms with Crippen LogP contribution in [0.2, 0.25) is 0 Å². The lowest BCUT2D eigenvalue weighted by atomic mass is 10.1. The minimum atomic E-state index is -0.605. The number of amides is 2.